The second kappa shape index (κ2) is 7.65. The first-order chi connectivity index (χ1) is 11.4. The van der Waals surface area contributed by atoms with Crippen molar-refractivity contribution in [3.63, 3.8) is 0 Å². The van der Waals surface area contributed by atoms with Crippen LogP contribution in [0.15, 0.2) is 42.5 Å². The number of carbonyl (C=O) groups is 2. The summed E-state index contributed by atoms with van der Waals surface area (Å²) in [6.45, 7) is 1.21. The summed E-state index contributed by atoms with van der Waals surface area (Å²) >= 11 is 0. The van der Waals surface area contributed by atoms with Gasteiger partial charge >= 0.3 is 5.97 Å². The van der Waals surface area contributed by atoms with E-state index < -0.39 is 29.6 Å². The first kappa shape index (κ1) is 17.6. The van der Waals surface area contributed by atoms with Gasteiger partial charge in [0.2, 0.25) is 0 Å². The summed E-state index contributed by atoms with van der Waals surface area (Å²) in [6, 6.07) is 8.95. The SMILES string of the molecule is C[C@H](OC(=O)c1ccc(CO)cc1)C(=O)Nc1ccc(F)c(F)c1. The largest absolute Gasteiger partial charge is 0.449 e. The van der Waals surface area contributed by atoms with Gasteiger partial charge in [-0.05, 0) is 36.8 Å². The highest BCUT2D eigenvalue weighted by Crippen LogP contribution is 2.14. The topological polar surface area (TPSA) is 75.6 Å². The normalized spacial score (nSPS) is 11.7. The predicted molar refractivity (Wildman–Crippen MR) is 82.2 cm³/mol. The molecule has 2 N–H and O–H groups in total. The molecule has 0 aliphatic heterocycles. The Morgan fingerprint density at radius 2 is 1.79 bits per heavy atom. The number of anilines is 1. The second-order valence-corrected chi connectivity index (χ2v) is 5.02. The number of aliphatic hydroxyl groups is 1. The van der Waals surface area contributed by atoms with Crippen LogP contribution in [0.2, 0.25) is 0 Å². The van der Waals surface area contributed by atoms with Gasteiger partial charge in [0.15, 0.2) is 17.7 Å². The summed E-state index contributed by atoms with van der Waals surface area (Å²) in [7, 11) is 0. The van der Waals surface area contributed by atoms with Gasteiger partial charge in [0, 0.05) is 11.8 Å². The summed E-state index contributed by atoms with van der Waals surface area (Å²) in [4.78, 5) is 23.9. The van der Waals surface area contributed by atoms with E-state index in [9.17, 15) is 18.4 Å². The molecule has 2 aromatic rings. The molecular weight excluding hydrogens is 320 g/mol. The average Bonchev–Trinajstić information content (AvgIpc) is 2.58. The zero-order valence-corrected chi connectivity index (χ0v) is 12.8. The number of aliphatic hydroxyl groups excluding tert-OH is 1. The minimum Gasteiger partial charge on any atom is -0.449 e. The number of esters is 1. The number of nitrogens with one attached hydrogen (secondary N) is 1. The molecule has 0 radical (unpaired) electrons. The molecule has 1 amide bonds. The molecule has 0 aromatic heterocycles. The van der Waals surface area contributed by atoms with Gasteiger partial charge in [-0.15, -0.1) is 0 Å². The second-order valence-electron chi connectivity index (χ2n) is 5.02. The van der Waals surface area contributed by atoms with Crippen molar-refractivity contribution in [1.82, 2.24) is 0 Å². The highest BCUT2D eigenvalue weighted by molar-refractivity contribution is 5.97. The number of hydrogen-bond acceptors (Lipinski definition) is 4. The summed E-state index contributed by atoms with van der Waals surface area (Å²) in [5.74, 6) is -3.52. The third kappa shape index (κ3) is 4.36. The number of hydrogen-bond donors (Lipinski definition) is 2. The number of amides is 1. The number of carbonyl (C=O) groups excluding carboxylic acids is 2. The molecule has 2 aromatic carbocycles. The van der Waals surface area contributed by atoms with Gasteiger partial charge in [-0.2, -0.15) is 0 Å². The van der Waals surface area contributed by atoms with Crippen LogP contribution < -0.4 is 5.32 Å². The van der Waals surface area contributed by atoms with Crippen LogP contribution in [0.3, 0.4) is 0 Å². The van der Waals surface area contributed by atoms with Gasteiger partial charge in [-0.3, -0.25) is 4.79 Å². The predicted octanol–water partition coefficient (Wildman–Crippen LogP) is 2.64. The van der Waals surface area contributed by atoms with E-state index in [-0.39, 0.29) is 17.9 Å². The molecular formula is C17H15F2NO4. The molecule has 7 heteroatoms. The van der Waals surface area contributed by atoms with Crippen LogP contribution in [0, 0.1) is 11.6 Å². The van der Waals surface area contributed by atoms with Crippen LogP contribution >= 0.6 is 0 Å². The summed E-state index contributed by atoms with van der Waals surface area (Å²) in [5.41, 5.74) is 0.907. The van der Waals surface area contributed by atoms with Gasteiger partial charge in [-0.1, -0.05) is 12.1 Å². The molecule has 0 unspecified atom stereocenters. The van der Waals surface area contributed by atoms with Crippen molar-refractivity contribution < 1.29 is 28.2 Å². The highest BCUT2D eigenvalue weighted by Gasteiger charge is 2.19. The van der Waals surface area contributed by atoms with E-state index >= 15 is 0 Å². The Hall–Kier alpha value is -2.80. The van der Waals surface area contributed by atoms with E-state index in [1.54, 1.807) is 12.1 Å². The lowest BCUT2D eigenvalue weighted by Crippen LogP contribution is -2.30. The molecule has 5 nitrogen and oxygen atoms in total. The lowest BCUT2D eigenvalue weighted by Gasteiger charge is -2.14. The summed E-state index contributed by atoms with van der Waals surface area (Å²) < 4.78 is 30.9. The lowest BCUT2D eigenvalue weighted by atomic mass is 10.1. The van der Waals surface area contributed by atoms with E-state index in [0.717, 1.165) is 12.1 Å². The van der Waals surface area contributed by atoms with Gasteiger partial charge in [0.05, 0.1) is 12.2 Å². The number of rotatable bonds is 5. The Morgan fingerprint density at radius 3 is 2.38 bits per heavy atom. The van der Waals surface area contributed by atoms with Crippen LogP contribution in [0.5, 0.6) is 0 Å². The fraction of sp³-hybridized carbons (Fsp3) is 0.176. The van der Waals surface area contributed by atoms with E-state index in [1.807, 2.05) is 0 Å². The van der Waals surface area contributed by atoms with E-state index in [2.05, 4.69) is 5.32 Å². The van der Waals surface area contributed by atoms with Crippen LogP contribution in [-0.4, -0.2) is 23.1 Å². The molecule has 0 saturated carbocycles. The zero-order chi connectivity index (χ0) is 17.7. The molecule has 0 fully saturated rings. The minimum atomic E-state index is -1.14. The van der Waals surface area contributed by atoms with Gasteiger partial charge in [0.1, 0.15) is 0 Å². The molecule has 1 atom stereocenters. The Kier molecular flexibility index (Phi) is 5.59. The third-order valence-corrected chi connectivity index (χ3v) is 3.21. The fourth-order valence-corrected chi connectivity index (χ4v) is 1.85. The maximum absolute atomic E-state index is 13.1. The molecule has 0 spiro atoms. The highest BCUT2D eigenvalue weighted by atomic mass is 19.2. The zero-order valence-electron chi connectivity index (χ0n) is 12.8. The first-order valence-corrected chi connectivity index (χ1v) is 7.07. The fourth-order valence-electron chi connectivity index (χ4n) is 1.85. The molecule has 126 valence electrons. The van der Waals surface area contributed by atoms with E-state index in [0.29, 0.717) is 5.56 Å². The summed E-state index contributed by atoms with van der Waals surface area (Å²) in [5, 5.41) is 11.3. The summed E-state index contributed by atoms with van der Waals surface area (Å²) in [6.07, 6.45) is -1.14. The average molecular weight is 335 g/mol. The Labute approximate surface area is 136 Å². The molecule has 0 saturated heterocycles. The molecule has 24 heavy (non-hydrogen) atoms. The monoisotopic (exact) mass is 335 g/mol. The Bertz CT molecular complexity index is 747. The minimum absolute atomic E-state index is 0.0501. The molecule has 0 aliphatic carbocycles. The number of ether oxygens (including phenoxy) is 1. The molecule has 0 aliphatic rings. The van der Waals surface area contributed by atoms with Crippen LogP contribution in [0.4, 0.5) is 14.5 Å². The van der Waals surface area contributed by atoms with Crippen LogP contribution in [0.1, 0.15) is 22.8 Å². The Balaban J connectivity index is 1.97. The van der Waals surface area contributed by atoms with Crippen molar-refractivity contribution in [3.8, 4) is 0 Å². The quantitative estimate of drug-likeness (QED) is 0.824. The molecule has 0 heterocycles. The number of benzene rings is 2. The van der Waals surface area contributed by atoms with Gasteiger partial charge in [0.25, 0.3) is 5.91 Å². The van der Waals surface area contributed by atoms with Crippen molar-refractivity contribution in [1.29, 1.82) is 0 Å². The maximum atomic E-state index is 13.1. The Morgan fingerprint density at radius 1 is 1.12 bits per heavy atom. The standard InChI is InChI=1S/C17H15F2NO4/c1-10(16(22)20-13-6-7-14(18)15(19)8-13)24-17(23)12-4-2-11(9-21)3-5-12/h2-8,10,21H,9H2,1H3,(H,20,22)/t10-/m0/s1. The maximum Gasteiger partial charge on any atom is 0.338 e. The smallest absolute Gasteiger partial charge is 0.338 e. The molecule has 2 rings (SSSR count). The van der Waals surface area contributed by atoms with Crippen LogP contribution in [-0.2, 0) is 16.1 Å². The van der Waals surface area contributed by atoms with E-state index in [4.69, 9.17) is 9.84 Å². The van der Waals surface area contributed by atoms with Crippen molar-refractivity contribution in [2.75, 3.05) is 5.32 Å². The van der Waals surface area contributed by atoms with Gasteiger partial charge in [-0.25, -0.2) is 13.6 Å². The van der Waals surface area contributed by atoms with Crippen molar-refractivity contribution in [2.45, 2.75) is 19.6 Å². The van der Waals surface area contributed by atoms with Crippen molar-refractivity contribution in [3.05, 3.63) is 65.2 Å². The van der Waals surface area contributed by atoms with Crippen molar-refractivity contribution >= 4 is 17.6 Å². The number of halogens is 2. The van der Waals surface area contributed by atoms with Crippen molar-refractivity contribution in [2.24, 2.45) is 0 Å². The first-order valence-electron chi connectivity index (χ1n) is 7.07. The third-order valence-electron chi connectivity index (χ3n) is 3.21. The molecule has 0 bridgehead atoms. The van der Waals surface area contributed by atoms with Crippen LogP contribution in [0.25, 0.3) is 0 Å². The van der Waals surface area contributed by atoms with Gasteiger partial charge < -0.3 is 15.2 Å². The van der Waals surface area contributed by atoms with E-state index in [1.165, 1.54) is 25.1 Å². The lowest BCUT2D eigenvalue weighted by molar-refractivity contribution is -0.123.